The van der Waals surface area contributed by atoms with Crippen LogP contribution >= 0.6 is 11.3 Å². The van der Waals surface area contributed by atoms with Gasteiger partial charge in [-0.1, -0.05) is 35.9 Å². The second kappa shape index (κ2) is 10.6. The number of methoxy groups -OCH3 is 2. The topological polar surface area (TPSA) is 73.9 Å². The van der Waals surface area contributed by atoms with Crippen LogP contribution in [-0.4, -0.2) is 32.7 Å². The molecule has 7 heteroatoms. The number of carbonyl (C=O) groups is 2. The van der Waals surface area contributed by atoms with Crippen LogP contribution in [0.1, 0.15) is 28.4 Å². The molecule has 32 heavy (non-hydrogen) atoms. The highest BCUT2D eigenvalue weighted by atomic mass is 32.1. The van der Waals surface area contributed by atoms with Crippen molar-refractivity contribution in [3.8, 4) is 22.6 Å². The highest BCUT2D eigenvalue weighted by molar-refractivity contribution is 7.15. The van der Waals surface area contributed by atoms with Gasteiger partial charge in [0.25, 0.3) is 0 Å². The molecule has 0 aliphatic rings. The molecule has 0 unspecified atom stereocenters. The monoisotopic (exact) mass is 451 g/mol. The number of carbonyl (C=O) groups excluding carboxylic acids is 2. The van der Waals surface area contributed by atoms with E-state index in [2.05, 4.69) is 5.32 Å². The maximum atomic E-state index is 12.8. The molecule has 3 aromatic rings. The fourth-order valence-corrected chi connectivity index (χ4v) is 4.04. The smallest absolute Gasteiger partial charge is 0.341 e. The molecule has 0 saturated carbocycles. The minimum absolute atomic E-state index is 0.223. The Kier molecular flexibility index (Phi) is 7.68. The molecule has 1 aromatic heterocycles. The molecule has 1 amide bonds. The summed E-state index contributed by atoms with van der Waals surface area (Å²) < 4.78 is 15.9. The van der Waals surface area contributed by atoms with Gasteiger partial charge in [0.1, 0.15) is 10.6 Å². The molecular weight excluding hydrogens is 426 g/mol. The van der Waals surface area contributed by atoms with Crippen molar-refractivity contribution >= 4 is 34.3 Å². The Morgan fingerprint density at radius 3 is 2.41 bits per heavy atom. The number of nitrogens with one attached hydrogen (secondary N) is 1. The third-order valence-corrected chi connectivity index (χ3v) is 5.60. The standard InChI is InChI=1S/C25H25NO5S/c1-5-31-25(28)23-19(18-11-12-20(29-3)21(14-18)30-4)15-32-24(23)26-22(27)13-10-17-8-6-16(2)7-9-17/h6-15H,5H2,1-4H3,(H,26,27). The van der Waals surface area contributed by atoms with Crippen molar-refractivity contribution in [2.75, 3.05) is 26.1 Å². The number of hydrogen-bond acceptors (Lipinski definition) is 6. The van der Waals surface area contributed by atoms with Crippen molar-refractivity contribution in [1.82, 2.24) is 0 Å². The van der Waals surface area contributed by atoms with Crippen LogP contribution in [0.3, 0.4) is 0 Å². The zero-order chi connectivity index (χ0) is 23.1. The third-order valence-electron chi connectivity index (χ3n) is 4.71. The minimum atomic E-state index is -0.503. The Morgan fingerprint density at radius 1 is 1.03 bits per heavy atom. The highest BCUT2D eigenvalue weighted by Crippen LogP contribution is 2.39. The van der Waals surface area contributed by atoms with Gasteiger partial charge in [0.05, 0.1) is 20.8 Å². The van der Waals surface area contributed by atoms with Crippen molar-refractivity contribution in [1.29, 1.82) is 0 Å². The van der Waals surface area contributed by atoms with Gasteiger partial charge in [0, 0.05) is 17.0 Å². The summed E-state index contributed by atoms with van der Waals surface area (Å²) in [6.45, 7) is 3.97. The first kappa shape index (κ1) is 23.1. The number of anilines is 1. The number of aryl methyl sites for hydroxylation is 1. The second-order valence-corrected chi connectivity index (χ2v) is 7.76. The molecule has 0 aliphatic heterocycles. The molecular formula is C25H25NO5S. The van der Waals surface area contributed by atoms with E-state index in [0.29, 0.717) is 27.6 Å². The Hall–Kier alpha value is -3.58. The van der Waals surface area contributed by atoms with Crippen LogP contribution in [0.25, 0.3) is 17.2 Å². The normalized spacial score (nSPS) is 10.8. The summed E-state index contributed by atoms with van der Waals surface area (Å²) in [5, 5.41) is 5.04. The van der Waals surface area contributed by atoms with Crippen molar-refractivity contribution in [3.63, 3.8) is 0 Å². The Labute approximate surface area is 191 Å². The molecule has 6 nitrogen and oxygen atoms in total. The number of rotatable bonds is 8. The van der Waals surface area contributed by atoms with E-state index in [9.17, 15) is 9.59 Å². The number of amides is 1. The first-order chi connectivity index (χ1) is 15.5. The lowest BCUT2D eigenvalue weighted by Crippen LogP contribution is -2.12. The van der Waals surface area contributed by atoms with Gasteiger partial charge in [-0.2, -0.15) is 0 Å². The second-order valence-electron chi connectivity index (χ2n) is 6.88. The van der Waals surface area contributed by atoms with E-state index in [1.165, 1.54) is 17.4 Å². The molecule has 0 atom stereocenters. The lowest BCUT2D eigenvalue weighted by atomic mass is 10.0. The fraction of sp³-hybridized carbons (Fsp3) is 0.200. The average molecular weight is 452 g/mol. The third kappa shape index (κ3) is 5.36. The first-order valence-electron chi connectivity index (χ1n) is 10.0. The fourth-order valence-electron chi connectivity index (χ4n) is 3.08. The number of hydrogen-bond donors (Lipinski definition) is 1. The van der Waals surface area contributed by atoms with Crippen LogP contribution in [0.15, 0.2) is 53.9 Å². The number of benzene rings is 2. The molecule has 0 bridgehead atoms. The molecule has 0 fully saturated rings. The van der Waals surface area contributed by atoms with E-state index in [0.717, 1.165) is 16.7 Å². The molecule has 1 N–H and O–H groups in total. The summed E-state index contributed by atoms with van der Waals surface area (Å²) in [4.78, 5) is 25.3. The molecule has 0 spiro atoms. The molecule has 0 saturated heterocycles. The van der Waals surface area contributed by atoms with Gasteiger partial charge < -0.3 is 19.5 Å². The maximum Gasteiger partial charge on any atom is 0.341 e. The van der Waals surface area contributed by atoms with E-state index in [1.807, 2.05) is 42.6 Å². The van der Waals surface area contributed by atoms with Crippen LogP contribution in [0.2, 0.25) is 0 Å². The van der Waals surface area contributed by atoms with Crippen LogP contribution in [-0.2, 0) is 9.53 Å². The van der Waals surface area contributed by atoms with Gasteiger partial charge in [-0.05, 0) is 43.2 Å². The van der Waals surface area contributed by atoms with Crippen molar-refractivity contribution in [2.45, 2.75) is 13.8 Å². The largest absolute Gasteiger partial charge is 0.493 e. The predicted molar refractivity (Wildman–Crippen MR) is 128 cm³/mol. The van der Waals surface area contributed by atoms with Gasteiger partial charge >= 0.3 is 5.97 Å². The number of ether oxygens (including phenoxy) is 3. The highest BCUT2D eigenvalue weighted by Gasteiger charge is 2.23. The van der Waals surface area contributed by atoms with Crippen molar-refractivity contribution < 1.29 is 23.8 Å². The van der Waals surface area contributed by atoms with Crippen LogP contribution in [0.5, 0.6) is 11.5 Å². The first-order valence-corrected chi connectivity index (χ1v) is 10.9. The predicted octanol–water partition coefficient (Wildman–Crippen LogP) is 5.57. The van der Waals surface area contributed by atoms with Gasteiger partial charge in [-0.3, -0.25) is 4.79 Å². The molecule has 3 rings (SSSR count). The Morgan fingerprint density at radius 2 is 1.75 bits per heavy atom. The lowest BCUT2D eigenvalue weighted by Gasteiger charge is -2.11. The summed E-state index contributed by atoms with van der Waals surface area (Å²) in [5.41, 5.74) is 3.76. The molecule has 0 aliphatic carbocycles. The molecule has 0 radical (unpaired) electrons. The van der Waals surface area contributed by atoms with Gasteiger partial charge in [-0.25, -0.2) is 4.79 Å². The van der Waals surface area contributed by atoms with E-state index in [-0.39, 0.29) is 12.5 Å². The maximum absolute atomic E-state index is 12.8. The van der Waals surface area contributed by atoms with E-state index < -0.39 is 5.97 Å². The van der Waals surface area contributed by atoms with Crippen LogP contribution < -0.4 is 14.8 Å². The van der Waals surface area contributed by atoms with Crippen LogP contribution in [0, 0.1) is 6.92 Å². The SMILES string of the molecule is CCOC(=O)c1c(-c2ccc(OC)c(OC)c2)csc1NC(=O)C=Cc1ccc(C)cc1. The van der Waals surface area contributed by atoms with E-state index in [4.69, 9.17) is 14.2 Å². The zero-order valence-corrected chi connectivity index (χ0v) is 19.2. The molecule has 2 aromatic carbocycles. The quantitative estimate of drug-likeness (QED) is 0.358. The minimum Gasteiger partial charge on any atom is -0.493 e. The Bertz CT molecular complexity index is 1130. The van der Waals surface area contributed by atoms with Crippen molar-refractivity contribution in [3.05, 3.63) is 70.6 Å². The van der Waals surface area contributed by atoms with E-state index in [1.54, 1.807) is 39.4 Å². The summed E-state index contributed by atoms with van der Waals surface area (Å²) >= 11 is 1.26. The van der Waals surface area contributed by atoms with Gasteiger partial charge in [0.15, 0.2) is 11.5 Å². The summed E-state index contributed by atoms with van der Waals surface area (Å²) in [6, 6.07) is 13.2. The zero-order valence-electron chi connectivity index (χ0n) is 18.4. The van der Waals surface area contributed by atoms with E-state index >= 15 is 0 Å². The number of thiophene rings is 1. The van der Waals surface area contributed by atoms with Gasteiger partial charge in [0.2, 0.25) is 5.91 Å². The van der Waals surface area contributed by atoms with Gasteiger partial charge in [-0.15, -0.1) is 11.3 Å². The molecule has 166 valence electrons. The lowest BCUT2D eigenvalue weighted by molar-refractivity contribution is -0.111. The van der Waals surface area contributed by atoms with Crippen LogP contribution in [0.4, 0.5) is 5.00 Å². The summed E-state index contributed by atoms with van der Waals surface area (Å²) in [5.74, 6) is 0.282. The average Bonchev–Trinajstić information content (AvgIpc) is 3.21. The number of esters is 1. The van der Waals surface area contributed by atoms with Crippen molar-refractivity contribution in [2.24, 2.45) is 0 Å². The molecule has 1 heterocycles. The summed E-state index contributed by atoms with van der Waals surface area (Å²) in [6.07, 6.45) is 3.16. The summed E-state index contributed by atoms with van der Waals surface area (Å²) in [7, 11) is 3.11. The Balaban J connectivity index is 1.91.